The zero-order chi connectivity index (χ0) is 36.5. The zero-order valence-electron chi connectivity index (χ0n) is 30.8. The molecule has 0 unspecified atom stereocenters. The van der Waals surface area contributed by atoms with Crippen molar-refractivity contribution >= 4 is 44.5 Å². The van der Waals surface area contributed by atoms with Crippen LogP contribution in [0.5, 0.6) is 0 Å². The van der Waals surface area contributed by atoms with Gasteiger partial charge in [-0.1, -0.05) is 143 Å². The van der Waals surface area contributed by atoms with Crippen molar-refractivity contribution in [1.29, 1.82) is 5.26 Å². The highest BCUT2D eigenvalue weighted by Gasteiger charge is 2.29. The van der Waals surface area contributed by atoms with E-state index in [1.165, 1.54) is 5.57 Å². The van der Waals surface area contributed by atoms with Gasteiger partial charge >= 0.3 is 0 Å². The number of nitriles is 1. The molecule has 260 valence electrons. The van der Waals surface area contributed by atoms with E-state index < -0.39 is 0 Å². The van der Waals surface area contributed by atoms with Gasteiger partial charge in [0.1, 0.15) is 11.2 Å². The second kappa shape index (κ2) is 16.8. The van der Waals surface area contributed by atoms with Crippen LogP contribution in [0.3, 0.4) is 0 Å². The largest absolute Gasteiger partial charge is 0.455 e. The van der Waals surface area contributed by atoms with Gasteiger partial charge in [-0.25, -0.2) is 5.01 Å². The van der Waals surface area contributed by atoms with Crippen molar-refractivity contribution in [3.8, 4) is 17.3 Å². The summed E-state index contributed by atoms with van der Waals surface area (Å²) in [7, 11) is 0. The molecule has 1 aliphatic carbocycles. The van der Waals surface area contributed by atoms with Gasteiger partial charge in [-0.15, -0.1) is 0 Å². The van der Waals surface area contributed by atoms with Crippen LogP contribution >= 0.6 is 0 Å². The van der Waals surface area contributed by atoms with E-state index in [0.717, 1.165) is 104 Å². The van der Waals surface area contributed by atoms with E-state index in [2.05, 4.69) is 122 Å². The molecule has 2 aliphatic rings. The van der Waals surface area contributed by atoms with Gasteiger partial charge in [0.15, 0.2) is 0 Å². The first-order chi connectivity index (χ1) is 25.7. The fourth-order valence-corrected chi connectivity index (χ4v) is 7.12. The SMILES string of the molecule is C=C1CC/C(c2ccccc2)=C\N(N(C#N)/C(=C2\CC=CCC2)c2cccc(-c3ccccc3)c2)c2ccc3c(oc4ccccc43)c21.CC.CC. The van der Waals surface area contributed by atoms with Crippen LogP contribution < -0.4 is 5.01 Å². The van der Waals surface area contributed by atoms with Crippen LogP contribution in [0, 0.1) is 11.5 Å². The van der Waals surface area contributed by atoms with Gasteiger partial charge in [0, 0.05) is 28.1 Å². The summed E-state index contributed by atoms with van der Waals surface area (Å²) in [4.78, 5) is 0. The molecule has 0 amide bonds. The topological polar surface area (TPSA) is 43.4 Å². The number of para-hydroxylation sites is 1. The molecule has 2 heterocycles. The molecule has 0 fully saturated rings. The summed E-state index contributed by atoms with van der Waals surface area (Å²) in [6, 6.07) is 41.9. The van der Waals surface area contributed by atoms with Gasteiger partial charge < -0.3 is 4.42 Å². The Balaban J connectivity index is 0.00000112. The summed E-state index contributed by atoms with van der Waals surface area (Å²) in [5, 5.41) is 17.2. The van der Waals surface area contributed by atoms with Crippen molar-refractivity contribution in [1.82, 2.24) is 5.01 Å². The predicted molar refractivity (Wildman–Crippen MR) is 221 cm³/mol. The minimum atomic E-state index is 0.766. The summed E-state index contributed by atoms with van der Waals surface area (Å²) in [5.74, 6) is 0. The van der Waals surface area contributed by atoms with Gasteiger partial charge in [0.2, 0.25) is 6.19 Å². The Labute approximate surface area is 308 Å². The third-order valence-corrected chi connectivity index (χ3v) is 9.49. The molecule has 0 atom stereocenters. The first-order valence-corrected chi connectivity index (χ1v) is 18.6. The number of hydrazine groups is 1. The third kappa shape index (κ3) is 7.09. The van der Waals surface area contributed by atoms with E-state index in [1.807, 2.05) is 63.0 Å². The van der Waals surface area contributed by atoms with E-state index in [4.69, 9.17) is 4.42 Å². The smallest absolute Gasteiger partial charge is 0.205 e. The van der Waals surface area contributed by atoms with E-state index in [-0.39, 0.29) is 0 Å². The Kier molecular flexibility index (Phi) is 11.5. The van der Waals surface area contributed by atoms with Crippen LogP contribution in [-0.4, -0.2) is 5.01 Å². The standard InChI is InChI=1S/C44H35N3O.2C2H6/c1-31-24-25-37(33-16-7-3-8-17-33)29-46(40-27-26-39-38-22-11-12-23-41(38)48-44(39)42(31)40)47(30-45)43(34-18-9-4-10-19-34)36-21-13-20-35(28-36)32-14-5-2-6-15-32;2*1-2/h2-9,11-17,20-23,26-29H,1,10,18-19,24-25H2;2*1-2H3/b37-29+,43-34+;;. The minimum Gasteiger partial charge on any atom is -0.455 e. The number of benzene rings is 5. The molecule has 1 aliphatic heterocycles. The number of allylic oxidation sites excluding steroid dienone is 5. The first kappa shape index (κ1) is 35.8. The van der Waals surface area contributed by atoms with Crippen molar-refractivity contribution < 1.29 is 4.42 Å². The van der Waals surface area contributed by atoms with Gasteiger partial charge in [0.05, 0.1) is 11.4 Å². The Morgan fingerprint density at radius 2 is 1.40 bits per heavy atom. The van der Waals surface area contributed by atoms with Crippen molar-refractivity contribution in [3.05, 3.63) is 169 Å². The van der Waals surface area contributed by atoms with Gasteiger partial charge in [-0.2, -0.15) is 10.3 Å². The number of hydrogen-bond acceptors (Lipinski definition) is 4. The van der Waals surface area contributed by atoms with E-state index in [1.54, 1.807) is 5.01 Å². The Bertz CT molecular complexity index is 2300. The van der Waals surface area contributed by atoms with Crippen molar-refractivity contribution in [2.24, 2.45) is 0 Å². The van der Waals surface area contributed by atoms with Crippen molar-refractivity contribution in [3.63, 3.8) is 0 Å². The quantitative estimate of drug-likeness (QED) is 0.103. The summed E-state index contributed by atoms with van der Waals surface area (Å²) >= 11 is 0. The molecular weight excluding hydrogens is 635 g/mol. The first-order valence-electron chi connectivity index (χ1n) is 18.6. The zero-order valence-corrected chi connectivity index (χ0v) is 30.8. The highest BCUT2D eigenvalue weighted by atomic mass is 16.3. The van der Waals surface area contributed by atoms with Crippen molar-refractivity contribution in [2.45, 2.75) is 59.8 Å². The number of hydrogen-bond donors (Lipinski definition) is 0. The fraction of sp³-hybridized carbons (Fsp3) is 0.188. The molecule has 0 radical (unpaired) electrons. The molecule has 0 N–H and O–H groups in total. The minimum absolute atomic E-state index is 0.766. The number of furan rings is 1. The maximum Gasteiger partial charge on any atom is 0.205 e. The number of anilines is 1. The highest BCUT2D eigenvalue weighted by molar-refractivity contribution is 6.10. The molecule has 52 heavy (non-hydrogen) atoms. The molecule has 0 saturated carbocycles. The maximum atomic E-state index is 11.3. The fourth-order valence-electron chi connectivity index (χ4n) is 7.12. The second-order valence-corrected chi connectivity index (χ2v) is 12.4. The molecule has 4 nitrogen and oxygen atoms in total. The summed E-state index contributed by atoms with van der Waals surface area (Å²) in [6.07, 6.45) is 13.4. The summed E-state index contributed by atoms with van der Waals surface area (Å²) < 4.78 is 6.59. The monoisotopic (exact) mass is 681 g/mol. The lowest BCUT2D eigenvalue weighted by Gasteiger charge is -2.36. The molecule has 1 aromatic heterocycles. The number of fused-ring (bicyclic) bond motifs is 5. The molecule has 0 spiro atoms. The lowest BCUT2D eigenvalue weighted by molar-refractivity contribution is 0.546. The van der Waals surface area contributed by atoms with Crippen LogP contribution in [0.2, 0.25) is 0 Å². The lowest BCUT2D eigenvalue weighted by Crippen LogP contribution is -2.36. The number of rotatable bonds is 5. The molecule has 6 aromatic rings. The van der Waals surface area contributed by atoms with E-state index in [9.17, 15) is 5.26 Å². The van der Waals surface area contributed by atoms with Crippen LogP contribution in [0.4, 0.5) is 5.69 Å². The predicted octanol–water partition coefficient (Wildman–Crippen LogP) is 13.8. The van der Waals surface area contributed by atoms with Gasteiger partial charge in [0.25, 0.3) is 0 Å². The average Bonchev–Trinajstić information content (AvgIpc) is 3.60. The average molecular weight is 682 g/mol. The van der Waals surface area contributed by atoms with Crippen LogP contribution in [0.25, 0.3) is 49.9 Å². The highest BCUT2D eigenvalue weighted by Crippen LogP contribution is 2.45. The molecule has 5 aromatic carbocycles. The Morgan fingerprint density at radius 3 is 2.12 bits per heavy atom. The molecular formula is C48H47N3O. The van der Waals surface area contributed by atoms with Crippen LogP contribution in [0.15, 0.2) is 156 Å². The Hall–Kier alpha value is -6.05. The molecule has 0 saturated heterocycles. The lowest BCUT2D eigenvalue weighted by atomic mass is 9.91. The van der Waals surface area contributed by atoms with Crippen LogP contribution in [0.1, 0.15) is 76.5 Å². The molecule has 8 rings (SSSR count). The van der Waals surface area contributed by atoms with E-state index >= 15 is 0 Å². The number of nitrogens with zero attached hydrogens (tertiary/aromatic N) is 3. The normalized spacial score (nSPS) is 15.8. The van der Waals surface area contributed by atoms with E-state index in [0.29, 0.717) is 0 Å². The Morgan fingerprint density at radius 1 is 0.712 bits per heavy atom. The van der Waals surface area contributed by atoms with Gasteiger partial charge in [-0.3, -0.25) is 0 Å². The summed E-state index contributed by atoms with van der Waals surface area (Å²) in [6.45, 7) is 12.6. The molecule has 4 heteroatoms. The second-order valence-electron chi connectivity index (χ2n) is 12.4. The third-order valence-electron chi connectivity index (χ3n) is 9.49. The van der Waals surface area contributed by atoms with Crippen LogP contribution in [-0.2, 0) is 0 Å². The molecule has 0 bridgehead atoms. The van der Waals surface area contributed by atoms with Gasteiger partial charge in [-0.05, 0) is 89.8 Å². The maximum absolute atomic E-state index is 11.3. The van der Waals surface area contributed by atoms with Crippen molar-refractivity contribution in [2.75, 3.05) is 5.01 Å². The summed E-state index contributed by atoms with van der Waals surface area (Å²) in [5.41, 5.74) is 12.1.